The lowest BCUT2D eigenvalue weighted by molar-refractivity contribution is -0.193. The summed E-state index contributed by atoms with van der Waals surface area (Å²) in [5.41, 5.74) is 0.131. The number of likely N-dealkylation sites (tertiary alicyclic amines) is 2. The Kier molecular flexibility index (Phi) is 3.20. The van der Waals surface area contributed by atoms with Gasteiger partial charge in [-0.05, 0) is 51.7 Å². The molecule has 1 spiro atoms. The third-order valence-electron chi connectivity index (χ3n) is 5.42. The molecule has 1 aliphatic carbocycles. The van der Waals surface area contributed by atoms with Crippen LogP contribution in [0.3, 0.4) is 0 Å². The van der Waals surface area contributed by atoms with Gasteiger partial charge in [0.1, 0.15) is 0 Å². The van der Waals surface area contributed by atoms with Crippen LogP contribution < -0.4 is 0 Å². The number of aliphatic hydroxyl groups is 1. The SMILES string of the molecule is CCC1CCN(CC2(O)CC3(CN(C)C3)C2)CC1. The quantitative estimate of drug-likeness (QED) is 0.826. The number of hydrogen-bond donors (Lipinski definition) is 1. The zero-order valence-corrected chi connectivity index (χ0v) is 12.0. The second kappa shape index (κ2) is 4.46. The van der Waals surface area contributed by atoms with Gasteiger partial charge in [-0.25, -0.2) is 0 Å². The van der Waals surface area contributed by atoms with Gasteiger partial charge in [0.2, 0.25) is 0 Å². The third kappa shape index (κ3) is 2.33. The van der Waals surface area contributed by atoms with Gasteiger partial charge in [0.25, 0.3) is 0 Å². The summed E-state index contributed by atoms with van der Waals surface area (Å²) in [4.78, 5) is 4.87. The van der Waals surface area contributed by atoms with Gasteiger partial charge >= 0.3 is 0 Å². The molecule has 3 aliphatic rings. The maximum atomic E-state index is 10.6. The van der Waals surface area contributed by atoms with Crippen LogP contribution in [0.5, 0.6) is 0 Å². The van der Waals surface area contributed by atoms with Crippen LogP contribution in [0.1, 0.15) is 39.0 Å². The first kappa shape index (κ1) is 12.9. The van der Waals surface area contributed by atoms with Gasteiger partial charge in [0.05, 0.1) is 5.60 Å². The molecule has 0 unspecified atom stereocenters. The van der Waals surface area contributed by atoms with E-state index in [-0.39, 0.29) is 5.60 Å². The average Bonchev–Trinajstić information content (AvgIpc) is 2.26. The van der Waals surface area contributed by atoms with E-state index in [9.17, 15) is 5.11 Å². The molecule has 0 aromatic heterocycles. The number of β-amino-alcohol motifs (C(OH)–C–C–N with tert-alkyl or cyclic N) is 1. The minimum Gasteiger partial charge on any atom is -0.389 e. The lowest BCUT2D eigenvalue weighted by atomic mass is 9.55. The molecule has 1 saturated carbocycles. The van der Waals surface area contributed by atoms with Crippen LogP contribution in [0.15, 0.2) is 0 Å². The van der Waals surface area contributed by atoms with E-state index in [1.54, 1.807) is 0 Å². The Bertz CT molecular complexity index is 296. The highest BCUT2D eigenvalue weighted by molar-refractivity contribution is 5.12. The van der Waals surface area contributed by atoms with Crippen LogP contribution in [0.2, 0.25) is 0 Å². The molecule has 3 rings (SSSR count). The Morgan fingerprint density at radius 1 is 1.17 bits per heavy atom. The fraction of sp³-hybridized carbons (Fsp3) is 1.00. The first-order valence-electron chi connectivity index (χ1n) is 7.66. The van der Waals surface area contributed by atoms with E-state index in [1.165, 1.54) is 45.4 Å². The Labute approximate surface area is 111 Å². The van der Waals surface area contributed by atoms with E-state index in [0.29, 0.717) is 5.41 Å². The predicted octanol–water partition coefficient (Wildman–Crippen LogP) is 1.57. The van der Waals surface area contributed by atoms with Crippen LogP contribution in [0.4, 0.5) is 0 Å². The largest absolute Gasteiger partial charge is 0.389 e. The van der Waals surface area contributed by atoms with E-state index in [2.05, 4.69) is 23.8 Å². The van der Waals surface area contributed by atoms with Crippen molar-refractivity contribution in [1.29, 1.82) is 0 Å². The van der Waals surface area contributed by atoms with Gasteiger partial charge in [-0.2, -0.15) is 0 Å². The van der Waals surface area contributed by atoms with Crippen molar-refractivity contribution in [2.45, 2.75) is 44.6 Å². The highest BCUT2D eigenvalue weighted by atomic mass is 16.3. The van der Waals surface area contributed by atoms with E-state index >= 15 is 0 Å². The average molecular weight is 252 g/mol. The van der Waals surface area contributed by atoms with Crippen LogP contribution in [-0.2, 0) is 0 Å². The minimum absolute atomic E-state index is 0.361. The standard InChI is InChI=1S/C15H28N2O/c1-3-13-4-6-17(7-5-13)12-15(18)8-14(9-15)10-16(2)11-14/h13,18H,3-12H2,1-2H3. The van der Waals surface area contributed by atoms with Gasteiger partial charge < -0.3 is 14.9 Å². The van der Waals surface area contributed by atoms with Crippen molar-refractivity contribution in [2.75, 3.05) is 39.8 Å². The van der Waals surface area contributed by atoms with Crippen LogP contribution in [-0.4, -0.2) is 60.3 Å². The van der Waals surface area contributed by atoms with Crippen molar-refractivity contribution in [2.24, 2.45) is 11.3 Å². The van der Waals surface area contributed by atoms with Crippen LogP contribution >= 0.6 is 0 Å². The zero-order valence-electron chi connectivity index (χ0n) is 12.0. The van der Waals surface area contributed by atoms with Gasteiger partial charge in [0.15, 0.2) is 0 Å². The Morgan fingerprint density at radius 3 is 2.28 bits per heavy atom. The lowest BCUT2D eigenvalue weighted by Crippen LogP contribution is -2.69. The fourth-order valence-corrected chi connectivity index (χ4v) is 4.75. The normalized spacial score (nSPS) is 32.2. The summed E-state index contributed by atoms with van der Waals surface area (Å²) in [5, 5.41) is 10.6. The molecule has 2 saturated heterocycles. The summed E-state index contributed by atoms with van der Waals surface area (Å²) in [6.07, 6.45) is 6.07. The number of nitrogens with zero attached hydrogens (tertiary/aromatic N) is 2. The van der Waals surface area contributed by atoms with Gasteiger partial charge in [-0.3, -0.25) is 0 Å². The molecule has 0 atom stereocenters. The molecule has 0 amide bonds. The maximum absolute atomic E-state index is 10.6. The van der Waals surface area contributed by atoms with Crippen molar-refractivity contribution in [1.82, 2.24) is 9.80 Å². The van der Waals surface area contributed by atoms with Crippen molar-refractivity contribution in [3.05, 3.63) is 0 Å². The summed E-state index contributed by atoms with van der Waals surface area (Å²) in [6, 6.07) is 0. The van der Waals surface area contributed by atoms with E-state index < -0.39 is 0 Å². The monoisotopic (exact) mass is 252 g/mol. The highest BCUT2D eigenvalue weighted by Crippen LogP contribution is 2.53. The molecule has 1 N–H and O–H groups in total. The fourth-order valence-electron chi connectivity index (χ4n) is 4.75. The number of rotatable bonds is 3. The van der Waals surface area contributed by atoms with Crippen molar-refractivity contribution in [3.63, 3.8) is 0 Å². The van der Waals surface area contributed by atoms with Crippen molar-refractivity contribution < 1.29 is 5.11 Å². The first-order chi connectivity index (χ1) is 8.53. The smallest absolute Gasteiger partial charge is 0.0786 e. The molecule has 2 aliphatic heterocycles. The molecular weight excluding hydrogens is 224 g/mol. The second-order valence-electron chi connectivity index (χ2n) is 7.38. The molecule has 0 radical (unpaired) electrons. The summed E-state index contributed by atoms with van der Waals surface area (Å²) >= 11 is 0. The predicted molar refractivity (Wildman–Crippen MR) is 73.6 cm³/mol. The molecule has 3 nitrogen and oxygen atoms in total. The summed E-state index contributed by atoms with van der Waals surface area (Å²) < 4.78 is 0. The molecule has 0 aromatic carbocycles. The molecular formula is C15H28N2O. The topological polar surface area (TPSA) is 26.7 Å². The summed E-state index contributed by atoms with van der Waals surface area (Å²) in [6.45, 7) is 8.04. The van der Waals surface area contributed by atoms with E-state index in [1.807, 2.05) is 0 Å². The molecule has 0 aromatic rings. The van der Waals surface area contributed by atoms with Gasteiger partial charge in [0, 0.05) is 25.0 Å². The summed E-state index contributed by atoms with van der Waals surface area (Å²) in [7, 11) is 2.18. The molecule has 3 heteroatoms. The molecule has 0 bridgehead atoms. The van der Waals surface area contributed by atoms with E-state index in [4.69, 9.17) is 0 Å². The number of piperidine rings is 1. The van der Waals surface area contributed by atoms with E-state index in [0.717, 1.165) is 25.3 Å². The van der Waals surface area contributed by atoms with Gasteiger partial charge in [-0.1, -0.05) is 13.3 Å². The molecule has 2 heterocycles. The molecule has 104 valence electrons. The minimum atomic E-state index is -0.361. The zero-order chi connectivity index (χ0) is 12.8. The molecule has 3 fully saturated rings. The Morgan fingerprint density at radius 2 is 1.78 bits per heavy atom. The maximum Gasteiger partial charge on any atom is 0.0786 e. The Hall–Kier alpha value is -0.120. The molecule has 18 heavy (non-hydrogen) atoms. The van der Waals surface area contributed by atoms with Crippen LogP contribution in [0.25, 0.3) is 0 Å². The number of hydrogen-bond acceptors (Lipinski definition) is 3. The second-order valence-corrected chi connectivity index (χ2v) is 7.38. The lowest BCUT2D eigenvalue weighted by Gasteiger charge is -2.62. The highest BCUT2D eigenvalue weighted by Gasteiger charge is 2.58. The van der Waals surface area contributed by atoms with Crippen molar-refractivity contribution >= 4 is 0 Å². The Balaban J connectivity index is 1.44. The first-order valence-corrected chi connectivity index (χ1v) is 7.66. The third-order valence-corrected chi connectivity index (χ3v) is 5.42. The van der Waals surface area contributed by atoms with Crippen molar-refractivity contribution in [3.8, 4) is 0 Å². The summed E-state index contributed by atoms with van der Waals surface area (Å²) in [5.74, 6) is 0.934. The van der Waals surface area contributed by atoms with Gasteiger partial charge in [-0.15, -0.1) is 0 Å². The van der Waals surface area contributed by atoms with Crippen LogP contribution in [0, 0.1) is 11.3 Å².